The van der Waals surface area contributed by atoms with Gasteiger partial charge in [-0.15, -0.1) is 12.4 Å². The lowest BCUT2D eigenvalue weighted by Gasteiger charge is -2.32. The molecule has 1 aromatic rings. The number of carbonyl (C=O) groups is 2. The average Bonchev–Trinajstić information content (AvgIpc) is 3.00. The summed E-state index contributed by atoms with van der Waals surface area (Å²) in [6, 6.07) is 6.04. The van der Waals surface area contributed by atoms with Gasteiger partial charge in [0, 0.05) is 37.2 Å². The highest BCUT2D eigenvalue weighted by atomic mass is 35.5. The number of rotatable bonds is 4. The lowest BCUT2D eigenvalue weighted by Crippen LogP contribution is -2.42. The first-order valence-corrected chi connectivity index (χ1v) is 9.12. The third-order valence-corrected chi connectivity index (χ3v) is 5.47. The fourth-order valence-electron chi connectivity index (χ4n) is 3.87. The van der Waals surface area contributed by atoms with Gasteiger partial charge < -0.3 is 16.0 Å². The van der Waals surface area contributed by atoms with Crippen LogP contribution in [0.5, 0.6) is 0 Å². The second-order valence-corrected chi connectivity index (χ2v) is 7.21. The van der Waals surface area contributed by atoms with Crippen molar-refractivity contribution < 1.29 is 14.0 Å². The van der Waals surface area contributed by atoms with Crippen molar-refractivity contribution in [2.24, 2.45) is 17.6 Å². The van der Waals surface area contributed by atoms with Crippen LogP contribution in [0.1, 0.15) is 38.5 Å². The van der Waals surface area contributed by atoms with E-state index in [1.807, 2.05) is 4.90 Å². The Labute approximate surface area is 159 Å². The van der Waals surface area contributed by atoms with E-state index in [9.17, 15) is 14.0 Å². The molecule has 3 N–H and O–H groups in total. The van der Waals surface area contributed by atoms with Crippen molar-refractivity contribution >= 4 is 29.9 Å². The molecule has 0 radical (unpaired) electrons. The summed E-state index contributed by atoms with van der Waals surface area (Å²) in [4.78, 5) is 26.6. The first kappa shape index (κ1) is 20.6. The zero-order valence-electron chi connectivity index (χ0n) is 14.8. The predicted octanol–water partition coefficient (Wildman–Crippen LogP) is 2.94. The summed E-state index contributed by atoms with van der Waals surface area (Å²) in [5.74, 6) is -0.146. The van der Waals surface area contributed by atoms with Crippen molar-refractivity contribution in [1.82, 2.24) is 4.90 Å². The number of halogens is 2. The van der Waals surface area contributed by atoms with Crippen LogP contribution >= 0.6 is 12.4 Å². The van der Waals surface area contributed by atoms with E-state index in [4.69, 9.17) is 5.73 Å². The van der Waals surface area contributed by atoms with E-state index in [-0.39, 0.29) is 42.0 Å². The van der Waals surface area contributed by atoms with Gasteiger partial charge in [0.15, 0.2) is 0 Å². The molecule has 2 fully saturated rings. The molecule has 5 nitrogen and oxygen atoms in total. The molecular weight excluding hydrogens is 357 g/mol. The highest BCUT2D eigenvalue weighted by Gasteiger charge is 2.31. The van der Waals surface area contributed by atoms with E-state index in [2.05, 4.69) is 5.32 Å². The van der Waals surface area contributed by atoms with Gasteiger partial charge in [-0.2, -0.15) is 0 Å². The van der Waals surface area contributed by atoms with Crippen LogP contribution in [0.15, 0.2) is 24.3 Å². The number of benzene rings is 1. The highest BCUT2D eigenvalue weighted by molar-refractivity contribution is 5.92. The van der Waals surface area contributed by atoms with E-state index in [1.165, 1.54) is 12.1 Å². The normalized spacial score (nSPS) is 23.4. The van der Waals surface area contributed by atoms with Crippen LogP contribution in [0.3, 0.4) is 0 Å². The van der Waals surface area contributed by atoms with Gasteiger partial charge in [0.1, 0.15) is 5.82 Å². The summed E-state index contributed by atoms with van der Waals surface area (Å²) in [7, 11) is 0. The van der Waals surface area contributed by atoms with Crippen molar-refractivity contribution in [3.05, 3.63) is 30.1 Å². The summed E-state index contributed by atoms with van der Waals surface area (Å²) in [6.45, 7) is 1.20. The fourth-order valence-corrected chi connectivity index (χ4v) is 3.87. The smallest absolute Gasteiger partial charge is 0.227 e. The van der Waals surface area contributed by atoms with Crippen molar-refractivity contribution in [2.75, 3.05) is 18.4 Å². The van der Waals surface area contributed by atoms with Crippen LogP contribution in [-0.4, -0.2) is 35.8 Å². The Balaban J connectivity index is 0.00000243. The molecule has 1 saturated heterocycles. The quantitative estimate of drug-likeness (QED) is 0.839. The molecule has 7 heteroatoms. The molecule has 1 aromatic carbocycles. The van der Waals surface area contributed by atoms with Gasteiger partial charge in [0.25, 0.3) is 0 Å². The maximum Gasteiger partial charge on any atom is 0.227 e. The molecule has 0 spiro atoms. The molecule has 1 saturated carbocycles. The molecule has 26 heavy (non-hydrogen) atoms. The Kier molecular flexibility index (Phi) is 7.41. The topological polar surface area (TPSA) is 75.4 Å². The molecule has 0 bridgehead atoms. The minimum absolute atomic E-state index is 0. The maximum atomic E-state index is 13.2. The number of piperidine rings is 1. The molecule has 0 aromatic heterocycles. The number of anilines is 1. The predicted molar refractivity (Wildman–Crippen MR) is 102 cm³/mol. The monoisotopic (exact) mass is 383 g/mol. The number of hydrogen-bond donors (Lipinski definition) is 2. The molecule has 2 atom stereocenters. The lowest BCUT2D eigenvalue weighted by atomic mass is 9.94. The standard InChI is InChI=1S/C19H26FN3O2.ClH/c20-15-4-2-5-16(12-15)22-19(25)13-7-9-23(10-8-13)18(24)11-14-3-1-6-17(14)21;/h2,4-5,12-14,17H,1,3,6-11,21H2,(H,22,25);1H/t14-,17+;/m0./s1. The molecule has 2 aliphatic rings. The van der Waals surface area contributed by atoms with Gasteiger partial charge >= 0.3 is 0 Å². The van der Waals surface area contributed by atoms with Crippen molar-refractivity contribution in [2.45, 2.75) is 44.6 Å². The second-order valence-electron chi connectivity index (χ2n) is 7.21. The number of nitrogens with one attached hydrogen (secondary N) is 1. The second kappa shape index (κ2) is 9.33. The summed E-state index contributed by atoms with van der Waals surface area (Å²) in [5, 5.41) is 2.76. The summed E-state index contributed by atoms with van der Waals surface area (Å²) < 4.78 is 13.2. The van der Waals surface area contributed by atoms with Gasteiger partial charge in [0.2, 0.25) is 11.8 Å². The molecule has 1 heterocycles. The highest BCUT2D eigenvalue weighted by Crippen LogP contribution is 2.28. The molecular formula is C19H27ClFN3O2. The number of nitrogens with two attached hydrogens (primary N) is 1. The Morgan fingerprint density at radius 3 is 2.54 bits per heavy atom. The van der Waals surface area contributed by atoms with E-state index >= 15 is 0 Å². The Bertz CT molecular complexity index is 635. The van der Waals surface area contributed by atoms with E-state index < -0.39 is 0 Å². The summed E-state index contributed by atoms with van der Waals surface area (Å²) >= 11 is 0. The first-order chi connectivity index (χ1) is 12.0. The minimum atomic E-state index is -0.372. The maximum absolute atomic E-state index is 13.2. The summed E-state index contributed by atoms with van der Waals surface area (Å²) in [5.41, 5.74) is 6.52. The van der Waals surface area contributed by atoms with E-state index in [0.29, 0.717) is 44.0 Å². The number of amides is 2. The largest absolute Gasteiger partial charge is 0.343 e. The number of likely N-dealkylation sites (tertiary alicyclic amines) is 1. The first-order valence-electron chi connectivity index (χ1n) is 9.12. The minimum Gasteiger partial charge on any atom is -0.343 e. The SMILES string of the molecule is Cl.N[C@@H]1CCC[C@H]1CC(=O)N1CCC(C(=O)Nc2cccc(F)c2)CC1. The number of carbonyl (C=O) groups excluding carboxylic acids is 2. The van der Waals surface area contributed by atoms with Gasteiger partial charge in [-0.3, -0.25) is 9.59 Å². The summed E-state index contributed by atoms with van der Waals surface area (Å²) in [6.07, 6.45) is 4.98. The van der Waals surface area contributed by atoms with Gasteiger partial charge in [-0.25, -0.2) is 4.39 Å². The zero-order valence-corrected chi connectivity index (χ0v) is 15.6. The molecule has 2 amide bonds. The van der Waals surface area contributed by atoms with Crippen LogP contribution in [0.25, 0.3) is 0 Å². The van der Waals surface area contributed by atoms with Crippen molar-refractivity contribution in [3.63, 3.8) is 0 Å². The van der Waals surface area contributed by atoms with Crippen LogP contribution in [0.2, 0.25) is 0 Å². The lowest BCUT2D eigenvalue weighted by molar-refractivity contribution is -0.135. The third-order valence-electron chi connectivity index (χ3n) is 5.47. The molecule has 0 unspecified atom stereocenters. The van der Waals surface area contributed by atoms with Gasteiger partial charge in [-0.1, -0.05) is 12.5 Å². The molecule has 1 aliphatic carbocycles. The third kappa shape index (κ3) is 5.17. The fraction of sp³-hybridized carbons (Fsp3) is 0.579. The Morgan fingerprint density at radius 1 is 1.19 bits per heavy atom. The molecule has 1 aliphatic heterocycles. The van der Waals surface area contributed by atoms with Gasteiger partial charge in [-0.05, 0) is 49.8 Å². The Morgan fingerprint density at radius 2 is 1.92 bits per heavy atom. The van der Waals surface area contributed by atoms with Crippen LogP contribution in [0, 0.1) is 17.7 Å². The van der Waals surface area contributed by atoms with Crippen LogP contribution in [0.4, 0.5) is 10.1 Å². The number of hydrogen-bond acceptors (Lipinski definition) is 3. The van der Waals surface area contributed by atoms with Crippen molar-refractivity contribution in [3.8, 4) is 0 Å². The van der Waals surface area contributed by atoms with E-state index in [0.717, 1.165) is 19.3 Å². The zero-order chi connectivity index (χ0) is 17.8. The average molecular weight is 384 g/mol. The molecule has 144 valence electrons. The number of nitrogens with zero attached hydrogens (tertiary/aromatic N) is 1. The molecule has 3 rings (SSSR count). The Hall–Kier alpha value is -1.66. The van der Waals surface area contributed by atoms with Gasteiger partial charge in [0.05, 0.1) is 0 Å². The van der Waals surface area contributed by atoms with E-state index in [1.54, 1.807) is 12.1 Å². The van der Waals surface area contributed by atoms with Crippen LogP contribution < -0.4 is 11.1 Å². The van der Waals surface area contributed by atoms with Crippen LogP contribution in [-0.2, 0) is 9.59 Å². The van der Waals surface area contributed by atoms with Crippen molar-refractivity contribution in [1.29, 1.82) is 0 Å².